The van der Waals surface area contributed by atoms with Crippen LogP contribution in [-0.4, -0.2) is 5.11 Å². The normalized spacial score (nSPS) is 13.3. The minimum absolute atomic E-state index is 0.296. The summed E-state index contributed by atoms with van der Waals surface area (Å²) in [5.41, 5.74) is -0.364. The Morgan fingerprint density at radius 1 is 1.10 bits per heavy atom. The topological polar surface area (TPSA) is 20.2 Å². The summed E-state index contributed by atoms with van der Waals surface area (Å²) in [5.74, 6) is -0.997. The van der Waals surface area contributed by atoms with Gasteiger partial charge in [0.1, 0.15) is 11.9 Å². The molecule has 0 fully saturated rings. The molecule has 0 bridgehead atoms. The van der Waals surface area contributed by atoms with Crippen molar-refractivity contribution in [3.8, 4) is 0 Å². The van der Waals surface area contributed by atoms with E-state index in [0.29, 0.717) is 16.1 Å². The highest BCUT2D eigenvalue weighted by Gasteiger charge is 2.35. The van der Waals surface area contributed by atoms with Crippen LogP contribution in [0.4, 0.5) is 17.6 Å². The lowest BCUT2D eigenvalue weighted by atomic mass is 9.96. The molecule has 0 saturated heterocycles. The zero-order chi connectivity index (χ0) is 15.8. The van der Waals surface area contributed by atoms with Gasteiger partial charge in [0.15, 0.2) is 0 Å². The minimum atomic E-state index is -4.74. The van der Waals surface area contributed by atoms with Gasteiger partial charge in [0, 0.05) is 4.47 Å². The summed E-state index contributed by atoms with van der Waals surface area (Å²) < 4.78 is 52.6. The van der Waals surface area contributed by atoms with Crippen LogP contribution in [0, 0.1) is 12.7 Å². The number of aryl methyl sites for hydroxylation is 1. The summed E-state index contributed by atoms with van der Waals surface area (Å²) >= 11 is 3.26. The third kappa shape index (κ3) is 3.44. The molecule has 2 aromatic rings. The summed E-state index contributed by atoms with van der Waals surface area (Å²) in [5, 5.41) is 10.2. The molecule has 1 unspecified atom stereocenters. The van der Waals surface area contributed by atoms with Crippen LogP contribution in [0.25, 0.3) is 0 Å². The molecule has 0 saturated carbocycles. The van der Waals surface area contributed by atoms with Gasteiger partial charge in [-0.1, -0.05) is 34.1 Å². The van der Waals surface area contributed by atoms with Gasteiger partial charge in [-0.25, -0.2) is 4.39 Å². The maximum Gasteiger partial charge on any atom is 0.416 e. The molecule has 0 aliphatic carbocycles. The Kier molecular flexibility index (Phi) is 4.39. The molecule has 0 heterocycles. The molecule has 0 radical (unpaired) electrons. The van der Waals surface area contributed by atoms with Gasteiger partial charge in [-0.15, -0.1) is 0 Å². The van der Waals surface area contributed by atoms with E-state index in [1.54, 1.807) is 12.1 Å². The highest BCUT2D eigenvalue weighted by Crippen LogP contribution is 2.37. The molecule has 0 aliphatic heterocycles. The summed E-state index contributed by atoms with van der Waals surface area (Å²) in [6.07, 6.45) is -6.22. The minimum Gasteiger partial charge on any atom is -0.384 e. The first-order chi connectivity index (χ1) is 9.70. The molecule has 1 atom stereocenters. The van der Waals surface area contributed by atoms with Crippen molar-refractivity contribution in [2.45, 2.75) is 19.2 Å². The molecule has 112 valence electrons. The monoisotopic (exact) mass is 362 g/mol. The van der Waals surface area contributed by atoms with Crippen molar-refractivity contribution in [1.82, 2.24) is 0 Å². The van der Waals surface area contributed by atoms with Gasteiger partial charge in [0.2, 0.25) is 0 Å². The number of alkyl halides is 3. The Morgan fingerprint density at radius 3 is 2.33 bits per heavy atom. The molecule has 1 nitrogen and oxygen atoms in total. The molecule has 2 rings (SSSR count). The zero-order valence-electron chi connectivity index (χ0n) is 10.9. The molecule has 0 amide bonds. The van der Waals surface area contributed by atoms with Crippen LogP contribution in [0.3, 0.4) is 0 Å². The van der Waals surface area contributed by atoms with Crippen LogP contribution in [0.1, 0.15) is 28.4 Å². The quantitative estimate of drug-likeness (QED) is 0.745. The predicted molar refractivity (Wildman–Crippen MR) is 74.3 cm³/mol. The highest BCUT2D eigenvalue weighted by molar-refractivity contribution is 9.10. The number of benzene rings is 2. The number of aliphatic hydroxyl groups is 1. The van der Waals surface area contributed by atoms with Crippen molar-refractivity contribution < 1.29 is 22.7 Å². The molecule has 1 N–H and O–H groups in total. The van der Waals surface area contributed by atoms with E-state index in [0.717, 1.165) is 17.7 Å². The fourth-order valence-corrected chi connectivity index (χ4v) is 2.37. The van der Waals surface area contributed by atoms with Gasteiger partial charge in [-0.05, 0) is 41.8 Å². The summed E-state index contributed by atoms with van der Waals surface area (Å²) in [6.45, 7) is 1.82. The molecule has 0 spiro atoms. The maximum atomic E-state index is 13.1. The average Bonchev–Trinajstić information content (AvgIpc) is 2.40. The Hall–Kier alpha value is -1.40. The Balaban J connectivity index is 2.52. The molecule has 6 heteroatoms. The van der Waals surface area contributed by atoms with Crippen LogP contribution >= 0.6 is 15.9 Å². The summed E-state index contributed by atoms with van der Waals surface area (Å²) in [4.78, 5) is 0. The van der Waals surface area contributed by atoms with Crippen molar-refractivity contribution in [3.63, 3.8) is 0 Å². The fourth-order valence-electron chi connectivity index (χ4n) is 1.97. The zero-order valence-corrected chi connectivity index (χ0v) is 12.5. The smallest absolute Gasteiger partial charge is 0.384 e. The molecule has 0 aromatic heterocycles. The van der Waals surface area contributed by atoms with E-state index in [2.05, 4.69) is 15.9 Å². The molecule has 2 aromatic carbocycles. The number of hydrogen-bond acceptors (Lipinski definition) is 1. The second kappa shape index (κ2) is 5.77. The standard InChI is InChI=1S/C15H11BrF4O/c1-8-2-3-9(6-13(8)16)14(21)11-5-4-10(17)7-12(11)15(18,19)20/h2-7,14,21H,1H3. The molecular weight excluding hydrogens is 352 g/mol. The number of halogens is 5. The van der Waals surface area contributed by atoms with E-state index in [4.69, 9.17) is 0 Å². The van der Waals surface area contributed by atoms with Crippen molar-refractivity contribution in [2.24, 2.45) is 0 Å². The lowest BCUT2D eigenvalue weighted by Crippen LogP contribution is -2.13. The second-order valence-corrected chi connectivity index (χ2v) is 5.49. The van der Waals surface area contributed by atoms with Crippen LogP contribution in [0.2, 0.25) is 0 Å². The molecular formula is C15H11BrF4O. The van der Waals surface area contributed by atoms with Gasteiger partial charge in [-0.2, -0.15) is 13.2 Å². The first kappa shape index (κ1) is 16.0. The van der Waals surface area contributed by atoms with Crippen LogP contribution in [-0.2, 0) is 6.18 Å². The summed E-state index contributed by atoms with van der Waals surface area (Å²) in [7, 11) is 0. The summed E-state index contributed by atoms with van der Waals surface area (Å²) in [6, 6.07) is 7.01. The lowest BCUT2D eigenvalue weighted by Gasteiger charge is -2.18. The first-order valence-electron chi connectivity index (χ1n) is 6.01. The van der Waals surface area contributed by atoms with E-state index in [1.165, 1.54) is 6.07 Å². The first-order valence-corrected chi connectivity index (χ1v) is 6.80. The predicted octanol–water partition coefficient (Wildman–Crippen LogP) is 5.00. The molecule has 21 heavy (non-hydrogen) atoms. The van der Waals surface area contributed by atoms with Crippen molar-refractivity contribution >= 4 is 15.9 Å². The van der Waals surface area contributed by atoms with Gasteiger partial charge in [0.25, 0.3) is 0 Å². The average molecular weight is 363 g/mol. The Bertz CT molecular complexity index is 667. The third-order valence-corrected chi connectivity index (χ3v) is 3.98. The van der Waals surface area contributed by atoms with Gasteiger partial charge < -0.3 is 5.11 Å². The van der Waals surface area contributed by atoms with E-state index in [9.17, 15) is 22.7 Å². The van der Waals surface area contributed by atoms with Gasteiger partial charge >= 0.3 is 6.18 Å². The van der Waals surface area contributed by atoms with Crippen LogP contribution in [0.5, 0.6) is 0 Å². The SMILES string of the molecule is Cc1ccc(C(O)c2ccc(F)cc2C(F)(F)F)cc1Br. The van der Waals surface area contributed by atoms with Crippen molar-refractivity contribution in [1.29, 1.82) is 0 Å². The van der Waals surface area contributed by atoms with E-state index < -0.39 is 23.7 Å². The van der Waals surface area contributed by atoms with Crippen molar-refractivity contribution in [2.75, 3.05) is 0 Å². The number of hydrogen-bond donors (Lipinski definition) is 1. The Labute approximate surface area is 127 Å². The van der Waals surface area contributed by atoms with Gasteiger partial charge in [-0.3, -0.25) is 0 Å². The second-order valence-electron chi connectivity index (χ2n) is 4.64. The van der Waals surface area contributed by atoms with E-state index in [1.807, 2.05) is 6.92 Å². The molecule has 0 aliphatic rings. The largest absolute Gasteiger partial charge is 0.416 e. The Morgan fingerprint density at radius 2 is 1.76 bits per heavy atom. The number of aliphatic hydroxyl groups excluding tert-OH is 1. The van der Waals surface area contributed by atoms with Crippen molar-refractivity contribution in [3.05, 3.63) is 68.9 Å². The van der Waals surface area contributed by atoms with Crippen LogP contribution < -0.4 is 0 Å². The highest BCUT2D eigenvalue weighted by atomic mass is 79.9. The van der Waals surface area contributed by atoms with Crippen LogP contribution in [0.15, 0.2) is 40.9 Å². The fraction of sp³-hybridized carbons (Fsp3) is 0.200. The van der Waals surface area contributed by atoms with E-state index >= 15 is 0 Å². The lowest BCUT2D eigenvalue weighted by molar-refractivity contribution is -0.139. The maximum absolute atomic E-state index is 13.1. The van der Waals surface area contributed by atoms with Gasteiger partial charge in [0.05, 0.1) is 5.56 Å². The number of rotatable bonds is 2. The van der Waals surface area contributed by atoms with E-state index in [-0.39, 0.29) is 5.56 Å². The third-order valence-electron chi connectivity index (χ3n) is 3.13.